The van der Waals surface area contributed by atoms with Crippen LogP contribution < -0.4 is 10.6 Å². The number of hydrogen-bond donors (Lipinski definition) is 4. The highest BCUT2D eigenvalue weighted by molar-refractivity contribution is 7.80. The molecule has 12 heteroatoms. The van der Waals surface area contributed by atoms with Crippen LogP contribution in [0.4, 0.5) is 5.82 Å². The van der Waals surface area contributed by atoms with Crippen LogP contribution in [0, 0.1) is 0 Å². The van der Waals surface area contributed by atoms with E-state index in [2.05, 4.69) is 25.6 Å². The van der Waals surface area contributed by atoms with Gasteiger partial charge in [-0.1, -0.05) is 0 Å². The predicted molar refractivity (Wildman–Crippen MR) is 118 cm³/mol. The highest BCUT2D eigenvalue weighted by atomic mass is 32.1. The Morgan fingerprint density at radius 3 is 2.81 bits per heavy atom. The van der Waals surface area contributed by atoms with E-state index in [9.17, 15) is 10.2 Å². The Morgan fingerprint density at radius 1 is 1.19 bits per heavy atom. The topological polar surface area (TPSA) is 136 Å². The number of imidazole rings is 1. The summed E-state index contributed by atoms with van der Waals surface area (Å²) >= 11 is 5.26. The highest BCUT2D eigenvalue weighted by Crippen LogP contribution is 2.32. The molecule has 2 aliphatic heterocycles. The fourth-order valence-corrected chi connectivity index (χ4v) is 4.72. The molecule has 1 unspecified atom stereocenters. The van der Waals surface area contributed by atoms with E-state index in [0.717, 1.165) is 32.1 Å². The lowest BCUT2D eigenvalue weighted by Gasteiger charge is -2.19. The van der Waals surface area contributed by atoms with Gasteiger partial charge in [0.15, 0.2) is 23.2 Å². The normalized spacial score (nSPS) is 30.8. The van der Waals surface area contributed by atoms with Gasteiger partial charge in [-0.05, 0) is 44.3 Å². The van der Waals surface area contributed by atoms with E-state index in [4.69, 9.17) is 26.4 Å². The molecular weight excluding hydrogens is 436 g/mol. The van der Waals surface area contributed by atoms with Gasteiger partial charge in [0.2, 0.25) is 0 Å². The first-order chi connectivity index (χ1) is 15.6. The first-order valence-electron chi connectivity index (χ1n) is 11.1. The number of nitrogens with one attached hydrogen (secondary N) is 2. The number of nitrogens with zero attached hydrogens (tertiary/aromatic N) is 4. The van der Waals surface area contributed by atoms with Gasteiger partial charge in [0.25, 0.3) is 5.17 Å². The van der Waals surface area contributed by atoms with Crippen molar-refractivity contribution in [2.45, 2.75) is 68.8 Å². The summed E-state index contributed by atoms with van der Waals surface area (Å²) in [6.07, 6.45) is 4.57. The molecule has 5 rings (SSSR count). The first kappa shape index (κ1) is 21.7. The molecule has 0 spiro atoms. The molecule has 2 aromatic heterocycles. The van der Waals surface area contributed by atoms with Gasteiger partial charge in [-0.25, -0.2) is 15.0 Å². The van der Waals surface area contributed by atoms with Crippen molar-refractivity contribution in [1.82, 2.24) is 24.8 Å². The van der Waals surface area contributed by atoms with Gasteiger partial charge in [0.05, 0.1) is 19.0 Å². The molecule has 4 N–H and O–H groups in total. The minimum atomic E-state index is -1.15. The zero-order valence-electron chi connectivity index (χ0n) is 17.6. The molecule has 3 aliphatic rings. The Morgan fingerprint density at radius 2 is 2.03 bits per heavy atom. The van der Waals surface area contributed by atoms with Gasteiger partial charge >= 0.3 is 0 Å². The zero-order valence-corrected chi connectivity index (χ0v) is 18.4. The van der Waals surface area contributed by atoms with Crippen molar-refractivity contribution in [2.75, 3.05) is 25.1 Å². The second-order valence-electron chi connectivity index (χ2n) is 8.49. The zero-order chi connectivity index (χ0) is 22.1. The second-order valence-corrected chi connectivity index (χ2v) is 8.86. The summed E-state index contributed by atoms with van der Waals surface area (Å²) in [6, 6.07) is 0.166. The van der Waals surface area contributed by atoms with Crippen LogP contribution in [0.25, 0.3) is 11.2 Å². The SMILES string of the molecule is O[C@@H]1[C@@H](CNC(=S)OC2CCCC2)OC(n2cnc3c(N[C@@H]4CCOC4)ncnc32)[C@@H]1O. The average Bonchev–Trinajstić information content (AvgIpc) is 3.58. The highest BCUT2D eigenvalue weighted by Gasteiger charge is 2.44. The molecule has 2 aromatic rings. The molecule has 0 radical (unpaired) electrons. The lowest BCUT2D eigenvalue weighted by molar-refractivity contribution is -0.0335. The Balaban J connectivity index is 1.25. The maximum absolute atomic E-state index is 10.7. The molecule has 174 valence electrons. The van der Waals surface area contributed by atoms with Gasteiger partial charge in [0.1, 0.15) is 30.7 Å². The molecule has 0 amide bonds. The van der Waals surface area contributed by atoms with Crippen molar-refractivity contribution in [2.24, 2.45) is 0 Å². The lowest BCUT2D eigenvalue weighted by Crippen LogP contribution is -2.40. The van der Waals surface area contributed by atoms with Gasteiger partial charge in [-0.3, -0.25) is 4.57 Å². The number of hydrogen-bond acceptors (Lipinski definition) is 10. The Hall–Kier alpha value is -2.12. The summed E-state index contributed by atoms with van der Waals surface area (Å²) < 4.78 is 18.7. The van der Waals surface area contributed by atoms with Crippen LogP contribution in [0.15, 0.2) is 12.7 Å². The molecule has 0 bridgehead atoms. The Kier molecular flexibility index (Phi) is 6.37. The maximum Gasteiger partial charge on any atom is 0.256 e. The molecule has 5 atom stereocenters. The average molecular weight is 465 g/mol. The van der Waals surface area contributed by atoms with Crippen LogP contribution in [-0.2, 0) is 14.2 Å². The second kappa shape index (κ2) is 9.40. The number of ether oxygens (including phenoxy) is 3. The third-order valence-corrected chi connectivity index (χ3v) is 6.50. The molecule has 32 heavy (non-hydrogen) atoms. The summed E-state index contributed by atoms with van der Waals surface area (Å²) in [5, 5.41) is 27.8. The van der Waals surface area contributed by atoms with Gasteiger partial charge in [-0.15, -0.1) is 0 Å². The van der Waals surface area contributed by atoms with Gasteiger partial charge in [-0.2, -0.15) is 0 Å². The van der Waals surface area contributed by atoms with E-state index in [1.54, 1.807) is 10.9 Å². The van der Waals surface area contributed by atoms with E-state index in [-0.39, 0.29) is 23.9 Å². The predicted octanol–water partition coefficient (Wildman–Crippen LogP) is 0.480. The smallest absolute Gasteiger partial charge is 0.256 e. The van der Waals surface area contributed by atoms with E-state index >= 15 is 0 Å². The quantitative estimate of drug-likeness (QED) is 0.444. The number of rotatable bonds is 6. The minimum absolute atomic E-state index is 0.151. The largest absolute Gasteiger partial charge is 0.468 e. The maximum atomic E-state index is 10.7. The fourth-order valence-electron chi connectivity index (χ4n) is 4.50. The van der Waals surface area contributed by atoms with E-state index < -0.39 is 24.5 Å². The molecule has 4 heterocycles. The van der Waals surface area contributed by atoms with Crippen LogP contribution >= 0.6 is 12.2 Å². The van der Waals surface area contributed by atoms with Crippen LogP contribution in [-0.4, -0.2) is 85.1 Å². The molecular formula is C20H28N6O5S. The van der Waals surface area contributed by atoms with Crippen molar-refractivity contribution in [3.05, 3.63) is 12.7 Å². The minimum Gasteiger partial charge on any atom is -0.468 e. The molecule has 2 saturated heterocycles. The Bertz CT molecular complexity index is 948. The first-order valence-corrected chi connectivity index (χ1v) is 11.5. The lowest BCUT2D eigenvalue weighted by atomic mass is 10.1. The van der Waals surface area contributed by atoms with Crippen molar-refractivity contribution < 1.29 is 24.4 Å². The molecule has 1 saturated carbocycles. The number of fused-ring (bicyclic) bond motifs is 1. The number of thiocarbonyl (C=S) groups is 1. The summed E-state index contributed by atoms with van der Waals surface area (Å²) in [5.41, 5.74) is 1.07. The van der Waals surface area contributed by atoms with Crippen LogP contribution in [0.1, 0.15) is 38.3 Å². The number of aromatic nitrogens is 4. The summed E-state index contributed by atoms with van der Waals surface area (Å²) in [7, 11) is 0. The number of aliphatic hydroxyl groups excluding tert-OH is 2. The van der Waals surface area contributed by atoms with Gasteiger partial charge in [0, 0.05) is 13.2 Å². The van der Waals surface area contributed by atoms with Crippen molar-refractivity contribution in [3.8, 4) is 0 Å². The van der Waals surface area contributed by atoms with E-state index in [1.807, 2.05) is 0 Å². The molecule has 1 aliphatic carbocycles. The van der Waals surface area contributed by atoms with E-state index in [0.29, 0.717) is 30.2 Å². The van der Waals surface area contributed by atoms with Crippen molar-refractivity contribution in [1.29, 1.82) is 0 Å². The van der Waals surface area contributed by atoms with Crippen molar-refractivity contribution in [3.63, 3.8) is 0 Å². The summed E-state index contributed by atoms with van der Waals surface area (Å²) in [5.74, 6) is 0.602. The summed E-state index contributed by atoms with van der Waals surface area (Å²) in [6.45, 7) is 1.55. The third kappa shape index (κ3) is 4.37. The Labute approximate surface area is 190 Å². The standard InChI is InChI=1S/C20H28N6O5S/c27-15-13(7-21-20(32)30-12-3-1-2-4-12)31-19(16(15)28)26-10-24-14-17(22-9-23-18(14)26)25-11-5-6-29-8-11/h9-13,15-16,19,27-28H,1-8H2,(H,21,32)(H,22,23,25)/t11-,13-,15-,16-,19?/m1/s1. The number of anilines is 1. The fraction of sp³-hybridized carbons (Fsp3) is 0.700. The van der Waals surface area contributed by atoms with Crippen LogP contribution in [0.2, 0.25) is 0 Å². The molecule has 0 aromatic carbocycles. The third-order valence-electron chi connectivity index (χ3n) is 6.26. The van der Waals surface area contributed by atoms with Crippen LogP contribution in [0.3, 0.4) is 0 Å². The molecule has 3 fully saturated rings. The summed E-state index contributed by atoms with van der Waals surface area (Å²) in [4.78, 5) is 13.1. The van der Waals surface area contributed by atoms with E-state index in [1.165, 1.54) is 6.33 Å². The number of aliphatic hydroxyl groups is 2. The van der Waals surface area contributed by atoms with Crippen molar-refractivity contribution >= 4 is 34.4 Å². The molecule has 11 nitrogen and oxygen atoms in total. The van der Waals surface area contributed by atoms with Crippen LogP contribution in [0.5, 0.6) is 0 Å². The monoisotopic (exact) mass is 464 g/mol. The van der Waals surface area contributed by atoms with Gasteiger partial charge < -0.3 is 35.1 Å².